The van der Waals surface area contributed by atoms with Gasteiger partial charge in [-0.3, -0.25) is 29.1 Å². The van der Waals surface area contributed by atoms with Crippen LogP contribution in [0.5, 0.6) is 0 Å². The zero-order valence-corrected chi connectivity index (χ0v) is 25.8. The van der Waals surface area contributed by atoms with Gasteiger partial charge in [-0.05, 0) is 69.4 Å². The summed E-state index contributed by atoms with van der Waals surface area (Å²) in [5.74, 6) is -3.73. The molecule has 3 aliphatic rings. The summed E-state index contributed by atoms with van der Waals surface area (Å²) in [7, 11) is 1.25. The van der Waals surface area contributed by atoms with E-state index in [1.54, 1.807) is 6.92 Å². The number of nitrogens with zero attached hydrogens (tertiary/aromatic N) is 2. The van der Waals surface area contributed by atoms with Gasteiger partial charge < -0.3 is 19.8 Å². The number of aliphatic carboxylic acids is 1. The molecule has 0 fully saturated rings. The number of aromatic amines is 2. The molecule has 44 heavy (non-hydrogen) atoms. The number of aryl methyl sites for hydroxylation is 2. The van der Waals surface area contributed by atoms with Gasteiger partial charge in [-0.2, -0.15) is 0 Å². The molecule has 4 atom stereocenters. The number of H-pyrrole nitrogens is 2. The molecule has 0 spiro atoms. The van der Waals surface area contributed by atoms with Crippen LogP contribution in [0.25, 0.3) is 22.1 Å². The van der Waals surface area contributed by atoms with E-state index in [-0.39, 0.29) is 42.2 Å². The number of Topliss-reactive ketones (excluding diaryl/α,β-unsaturated/α-hetero) is 2. The number of aromatic nitrogens is 4. The molecule has 3 aromatic rings. The molecule has 0 amide bonds. The van der Waals surface area contributed by atoms with E-state index in [9.17, 15) is 24.3 Å². The average Bonchev–Trinajstić information content (AvgIpc) is 3.73. The van der Waals surface area contributed by atoms with Gasteiger partial charge in [0.25, 0.3) is 0 Å². The van der Waals surface area contributed by atoms with Gasteiger partial charge in [0.15, 0.2) is 11.6 Å². The number of ether oxygens (including phenoxy) is 1. The molecule has 10 nitrogen and oxygen atoms in total. The molecule has 3 N–H and O–H groups in total. The maximum absolute atomic E-state index is 14.0. The Balaban J connectivity index is 1.80. The minimum atomic E-state index is -1.21. The fourth-order valence-electron chi connectivity index (χ4n) is 7.22. The summed E-state index contributed by atoms with van der Waals surface area (Å²) in [5.41, 5.74) is 8.48. The van der Waals surface area contributed by atoms with Gasteiger partial charge >= 0.3 is 11.9 Å². The number of esters is 1. The summed E-state index contributed by atoms with van der Waals surface area (Å²) < 4.78 is 5.11. The lowest BCUT2D eigenvalue weighted by Gasteiger charge is -2.18. The smallest absolute Gasteiger partial charge is 0.321 e. The van der Waals surface area contributed by atoms with Crippen molar-refractivity contribution < 1.29 is 29.0 Å². The number of carbonyl (C=O) groups is 4. The Bertz CT molecular complexity index is 1930. The van der Waals surface area contributed by atoms with Crippen LogP contribution in [0.3, 0.4) is 0 Å². The predicted octanol–water partition coefficient (Wildman–Crippen LogP) is 6.08. The molecular weight excluding hydrogens is 560 g/mol. The standard InChI is InChI=1S/C34H36N4O6/c1-7-18-10-19-11-25-27(17(5)39)15(3)22(36-25)12-21-14(2)20(8-9-26(40)41)31(37-21)29-30(34(43)44-6)33(42)28-16(4)23(38-32(28)29)13-24(18)35-19/h11-14,18,20,30,36,38H,7-10H2,1-6H3,(H,40,41)/t14-,18?,20?,30+/m0/s1. The second-order valence-electron chi connectivity index (χ2n) is 12.2. The van der Waals surface area contributed by atoms with Gasteiger partial charge in [-0.1, -0.05) is 13.8 Å². The lowest BCUT2D eigenvalue weighted by Crippen LogP contribution is -2.21. The minimum Gasteiger partial charge on any atom is -0.481 e. The molecule has 1 aliphatic carbocycles. The fraction of sp³-hybridized carbons (Fsp3) is 0.412. The first-order valence-electron chi connectivity index (χ1n) is 15.1. The molecule has 0 aromatic carbocycles. The molecule has 0 saturated heterocycles. The summed E-state index contributed by atoms with van der Waals surface area (Å²) in [6.07, 6.45) is 1.73. The number of rotatable bonds is 6. The number of hydrogen-bond acceptors (Lipinski definition) is 7. The SMILES string of the molecule is CCC1Cc2cc3[nH]c(cc4nc(c5c6[nH]c(cc1n2)c(C)c6C(=O)[C@@H]5C(=O)OC)C(CCC(=O)O)[C@@H]4C)c(C)c3C(C)=O. The fourth-order valence-corrected chi connectivity index (χ4v) is 7.22. The third kappa shape index (κ3) is 4.55. The summed E-state index contributed by atoms with van der Waals surface area (Å²) in [6, 6.07) is 5.81. The Morgan fingerprint density at radius 2 is 1.73 bits per heavy atom. The zero-order valence-electron chi connectivity index (χ0n) is 25.8. The molecule has 2 unspecified atom stereocenters. The predicted molar refractivity (Wildman–Crippen MR) is 164 cm³/mol. The molecule has 0 saturated carbocycles. The highest BCUT2D eigenvalue weighted by molar-refractivity contribution is 6.23. The number of carboxylic acids is 1. The molecule has 10 heteroatoms. The van der Waals surface area contributed by atoms with Crippen molar-refractivity contribution in [3.8, 4) is 0 Å². The summed E-state index contributed by atoms with van der Waals surface area (Å²) in [6.45, 7) is 9.37. The highest BCUT2D eigenvalue weighted by Gasteiger charge is 2.45. The molecule has 8 bridgehead atoms. The van der Waals surface area contributed by atoms with E-state index in [2.05, 4.69) is 16.9 Å². The Hall–Kier alpha value is -4.60. The Kier molecular flexibility index (Phi) is 7.26. The quantitative estimate of drug-likeness (QED) is 0.176. The number of fused-ring (bicyclic) bond motifs is 8. The van der Waals surface area contributed by atoms with Crippen LogP contribution in [0.15, 0.2) is 18.2 Å². The first-order valence-corrected chi connectivity index (χ1v) is 15.1. The molecule has 0 radical (unpaired) electrons. The van der Waals surface area contributed by atoms with Gasteiger partial charge in [0.05, 0.1) is 23.8 Å². The number of ketones is 2. The molecular formula is C34H36N4O6. The van der Waals surface area contributed by atoms with Crippen LogP contribution >= 0.6 is 0 Å². The Morgan fingerprint density at radius 3 is 2.39 bits per heavy atom. The van der Waals surface area contributed by atoms with Crippen molar-refractivity contribution in [1.82, 2.24) is 19.9 Å². The number of carboxylic acid groups (broad SMARTS) is 1. The number of hydrogen-bond donors (Lipinski definition) is 3. The third-order valence-corrected chi connectivity index (χ3v) is 9.61. The van der Waals surface area contributed by atoms with Crippen molar-refractivity contribution >= 4 is 45.6 Å². The van der Waals surface area contributed by atoms with Gasteiger partial charge in [-0.15, -0.1) is 0 Å². The Morgan fingerprint density at radius 1 is 1.02 bits per heavy atom. The topological polar surface area (TPSA) is 155 Å². The van der Waals surface area contributed by atoms with E-state index in [1.165, 1.54) is 7.11 Å². The summed E-state index contributed by atoms with van der Waals surface area (Å²) >= 11 is 0. The van der Waals surface area contributed by atoms with Crippen LogP contribution in [-0.4, -0.2) is 55.7 Å². The van der Waals surface area contributed by atoms with Crippen molar-refractivity contribution in [3.05, 3.63) is 68.8 Å². The van der Waals surface area contributed by atoms with Crippen LogP contribution in [0.1, 0.15) is 124 Å². The Labute approximate surface area is 254 Å². The maximum Gasteiger partial charge on any atom is 0.321 e. The highest BCUT2D eigenvalue weighted by Crippen LogP contribution is 2.48. The molecule has 2 aliphatic heterocycles. The summed E-state index contributed by atoms with van der Waals surface area (Å²) in [5, 5.41) is 9.58. The number of methoxy groups -OCH3 is 1. The first-order chi connectivity index (χ1) is 20.9. The minimum absolute atomic E-state index is 0.0698. The summed E-state index contributed by atoms with van der Waals surface area (Å²) in [4.78, 5) is 68.6. The van der Waals surface area contributed by atoms with Crippen LogP contribution < -0.4 is 0 Å². The molecule has 3 aromatic heterocycles. The van der Waals surface area contributed by atoms with Gasteiger partial charge in [0, 0.05) is 69.0 Å². The second-order valence-corrected chi connectivity index (χ2v) is 12.2. The normalized spacial score (nSPS) is 20.6. The first kappa shape index (κ1) is 29.5. The van der Waals surface area contributed by atoms with Crippen molar-refractivity contribution in [3.63, 3.8) is 0 Å². The van der Waals surface area contributed by atoms with Crippen LogP contribution in [-0.2, 0) is 20.7 Å². The lowest BCUT2D eigenvalue weighted by molar-refractivity contribution is -0.141. The molecule has 5 heterocycles. The van der Waals surface area contributed by atoms with Crippen molar-refractivity contribution in [2.75, 3.05) is 7.11 Å². The van der Waals surface area contributed by atoms with E-state index in [0.717, 1.165) is 34.4 Å². The molecule has 6 rings (SSSR count). The van der Waals surface area contributed by atoms with Crippen LogP contribution in [0.2, 0.25) is 0 Å². The largest absolute Gasteiger partial charge is 0.481 e. The van der Waals surface area contributed by atoms with Crippen molar-refractivity contribution in [1.29, 1.82) is 0 Å². The average molecular weight is 597 g/mol. The van der Waals surface area contributed by atoms with E-state index < -0.39 is 17.9 Å². The van der Waals surface area contributed by atoms with Gasteiger partial charge in [0.1, 0.15) is 5.92 Å². The third-order valence-electron chi connectivity index (χ3n) is 9.61. The maximum atomic E-state index is 14.0. The van der Waals surface area contributed by atoms with E-state index in [1.807, 2.05) is 39.0 Å². The monoisotopic (exact) mass is 596 g/mol. The number of nitrogens with one attached hydrogen (secondary N) is 2. The van der Waals surface area contributed by atoms with Crippen LogP contribution in [0, 0.1) is 13.8 Å². The number of carbonyl (C=O) groups excluding carboxylic acids is 3. The van der Waals surface area contributed by atoms with Crippen molar-refractivity contribution in [2.45, 2.75) is 84.0 Å². The van der Waals surface area contributed by atoms with E-state index >= 15 is 0 Å². The zero-order chi connectivity index (χ0) is 31.6. The lowest BCUT2D eigenvalue weighted by atomic mass is 9.84. The van der Waals surface area contributed by atoms with Gasteiger partial charge in [-0.25, -0.2) is 0 Å². The van der Waals surface area contributed by atoms with Gasteiger partial charge in [0.2, 0.25) is 0 Å². The highest BCUT2D eigenvalue weighted by atomic mass is 16.5. The second kappa shape index (κ2) is 10.8. The van der Waals surface area contributed by atoms with Crippen molar-refractivity contribution in [2.24, 2.45) is 0 Å². The van der Waals surface area contributed by atoms with Crippen LogP contribution in [0.4, 0.5) is 0 Å². The molecule has 228 valence electrons. The van der Waals surface area contributed by atoms with E-state index in [0.29, 0.717) is 51.1 Å². The van der Waals surface area contributed by atoms with E-state index in [4.69, 9.17) is 14.7 Å².